The monoisotopic (exact) mass is 433 g/mol. The van der Waals surface area contributed by atoms with Gasteiger partial charge < -0.3 is 20.6 Å². The fourth-order valence-electron chi connectivity index (χ4n) is 4.73. The second kappa shape index (κ2) is 9.62. The fourth-order valence-corrected chi connectivity index (χ4v) is 4.85. The number of hydrogen-bond donors (Lipinski definition) is 3. The number of hydrogen-bond acceptors (Lipinski definition) is 4. The number of benzene rings is 1. The van der Waals surface area contributed by atoms with Gasteiger partial charge in [-0.25, -0.2) is 0 Å². The van der Waals surface area contributed by atoms with Crippen molar-refractivity contribution in [3.05, 3.63) is 41.4 Å². The van der Waals surface area contributed by atoms with E-state index in [0.29, 0.717) is 10.7 Å². The minimum Gasteiger partial charge on any atom is -0.395 e. The molecule has 1 aromatic rings. The molecular formula is C22H28ClN3O4. The van der Waals surface area contributed by atoms with Gasteiger partial charge in [-0.15, -0.1) is 0 Å². The SMILES string of the molecule is CCC[C@@H]1C=C[C@H]2[C@@H](C(=O)N(CCO)[C@@H]2C(=O)Nc2ccc(Cl)cc2)[C@@H]1C(=O)NC. The van der Waals surface area contributed by atoms with Gasteiger partial charge >= 0.3 is 0 Å². The molecule has 1 heterocycles. The molecule has 0 radical (unpaired) electrons. The topological polar surface area (TPSA) is 98.7 Å². The molecule has 1 saturated heterocycles. The number of halogens is 1. The lowest BCUT2D eigenvalue weighted by Crippen LogP contribution is -2.45. The lowest BCUT2D eigenvalue weighted by molar-refractivity contribution is -0.140. The van der Waals surface area contributed by atoms with Crippen molar-refractivity contribution in [3.63, 3.8) is 0 Å². The van der Waals surface area contributed by atoms with Crippen LogP contribution < -0.4 is 10.6 Å². The number of aliphatic hydroxyl groups is 1. The third kappa shape index (κ3) is 4.23. The van der Waals surface area contributed by atoms with Gasteiger partial charge in [0.2, 0.25) is 17.7 Å². The van der Waals surface area contributed by atoms with E-state index in [-0.39, 0.29) is 36.8 Å². The van der Waals surface area contributed by atoms with E-state index in [1.165, 1.54) is 4.90 Å². The molecular weight excluding hydrogens is 406 g/mol. The van der Waals surface area contributed by atoms with Gasteiger partial charge in [0.05, 0.1) is 18.4 Å². The van der Waals surface area contributed by atoms with Crippen molar-refractivity contribution in [1.29, 1.82) is 0 Å². The Hall–Kier alpha value is -2.38. The van der Waals surface area contributed by atoms with Crippen LogP contribution >= 0.6 is 11.6 Å². The molecule has 1 aliphatic carbocycles. The van der Waals surface area contributed by atoms with Crippen molar-refractivity contribution in [3.8, 4) is 0 Å². The summed E-state index contributed by atoms with van der Waals surface area (Å²) in [6.07, 6.45) is 5.55. The number of likely N-dealkylation sites (tertiary alicyclic amines) is 1. The second-order valence-electron chi connectivity index (χ2n) is 7.78. The number of allylic oxidation sites excluding steroid dienone is 1. The van der Waals surface area contributed by atoms with Gasteiger partial charge in [-0.2, -0.15) is 0 Å². The number of carbonyl (C=O) groups excluding carboxylic acids is 3. The minimum atomic E-state index is -0.795. The molecule has 0 bridgehead atoms. The third-order valence-corrected chi connectivity index (χ3v) is 6.26. The van der Waals surface area contributed by atoms with Crippen LogP contribution in [0.3, 0.4) is 0 Å². The first-order valence-electron chi connectivity index (χ1n) is 10.3. The molecule has 0 unspecified atom stereocenters. The Bertz CT molecular complexity index is 826. The molecule has 1 aliphatic heterocycles. The standard InChI is InChI=1S/C22H28ClN3O4/c1-3-4-13-5-10-16-18(17(13)20(28)24-2)22(30)26(11-12-27)19(16)21(29)25-15-8-6-14(23)7-9-15/h5-10,13,16-19,27H,3-4,11-12H2,1-2H3,(H,24,28)(H,25,29)/t13-,16+,17-,18-,19+/m1/s1. The van der Waals surface area contributed by atoms with Gasteiger partial charge in [0.15, 0.2) is 0 Å². The number of amides is 3. The van der Waals surface area contributed by atoms with Crippen LogP contribution in [0.2, 0.25) is 5.02 Å². The number of nitrogens with one attached hydrogen (secondary N) is 2. The van der Waals surface area contributed by atoms with E-state index >= 15 is 0 Å². The van der Waals surface area contributed by atoms with Crippen LogP contribution in [0.5, 0.6) is 0 Å². The zero-order chi connectivity index (χ0) is 21.8. The second-order valence-corrected chi connectivity index (χ2v) is 8.21. The number of fused-ring (bicyclic) bond motifs is 1. The Labute approximate surface area is 181 Å². The summed E-state index contributed by atoms with van der Waals surface area (Å²) in [6.45, 7) is 1.82. The summed E-state index contributed by atoms with van der Waals surface area (Å²) in [7, 11) is 1.56. The summed E-state index contributed by atoms with van der Waals surface area (Å²) in [6, 6.07) is 5.92. The number of aliphatic hydroxyl groups excluding tert-OH is 1. The maximum atomic E-state index is 13.3. The molecule has 7 nitrogen and oxygen atoms in total. The molecule has 2 aliphatic rings. The van der Waals surface area contributed by atoms with Gasteiger partial charge in [0.25, 0.3) is 0 Å². The average molecular weight is 434 g/mol. The van der Waals surface area contributed by atoms with E-state index in [4.69, 9.17) is 11.6 Å². The molecule has 5 atom stereocenters. The fraction of sp³-hybridized carbons (Fsp3) is 0.500. The lowest BCUT2D eigenvalue weighted by Gasteiger charge is -2.34. The number of nitrogens with zero attached hydrogens (tertiary/aromatic N) is 1. The summed E-state index contributed by atoms with van der Waals surface area (Å²) in [4.78, 5) is 40.6. The van der Waals surface area contributed by atoms with Crippen LogP contribution in [0.25, 0.3) is 0 Å². The Balaban J connectivity index is 1.94. The van der Waals surface area contributed by atoms with Crippen molar-refractivity contribution in [2.45, 2.75) is 25.8 Å². The van der Waals surface area contributed by atoms with E-state index in [0.717, 1.165) is 12.8 Å². The molecule has 1 fully saturated rings. The summed E-state index contributed by atoms with van der Waals surface area (Å²) in [5.74, 6) is -2.46. The molecule has 0 saturated carbocycles. The van der Waals surface area contributed by atoms with Gasteiger partial charge in [0, 0.05) is 30.2 Å². The highest BCUT2D eigenvalue weighted by Crippen LogP contribution is 2.45. The Morgan fingerprint density at radius 1 is 1.17 bits per heavy atom. The third-order valence-electron chi connectivity index (χ3n) is 6.00. The van der Waals surface area contributed by atoms with Crippen LogP contribution in [0.4, 0.5) is 5.69 Å². The van der Waals surface area contributed by atoms with E-state index in [1.807, 2.05) is 19.1 Å². The highest BCUT2D eigenvalue weighted by atomic mass is 35.5. The minimum absolute atomic E-state index is 0.0390. The normalized spacial score (nSPS) is 27.7. The summed E-state index contributed by atoms with van der Waals surface area (Å²) < 4.78 is 0. The van der Waals surface area contributed by atoms with Crippen LogP contribution in [0.15, 0.2) is 36.4 Å². The highest BCUT2D eigenvalue weighted by Gasteiger charge is 2.56. The highest BCUT2D eigenvalue weighted by molar-refractivity contribution is 6.30. The molecule has 8 heteroatoms. The van der Waals surface area contributed by atoms with Crippen molar-refractivity contribution < 1.29 is 19.5 Å². The van der Waals surface area contributed by atoms with Gasteiger partial charge in [-0.3, -0.25) is 14.4 Å². The maximum absolute atomic E-state index is 13.3. The molecule has 3 rings (SSSR count). The molecule has 3 amide bonds. The first-order chi connectivity index (χ1) is 14.4. The predicted molar refractivity (Wildman–Crippen MR) is 115 cm³/mol. The largest absolute Gasteiger partial charge is 0.395 e. The molecule has 3 N–H and O–H groups in total. The molecule has 1 aromatic carbocycles. The van der Waals surface area contributed by atoms with Crippen molar-refractivity contribution in [2.75, 3.05) is 25.5 Å². The van der Waals surface area contributed by atoms with E-state index in [9.17, 15) is 19.5 Å². The Kier molecular flexibility index (Phi) is 7.15. The van der Waals surface area contributed by atoms with Crippen LogP contribution in [-0.4, -0.2) is 54.0 Å². The summed E-state index contributed by atoms with van der Waals surface area (Å²) >= 11 is 5.91. The smallest absolute Gasteiger partial charge is 0.247 e. The van der Waals surface area contributed by atoms with Gasteiger partial charge in [-0.05, 0) is 36.6 Å². The Morgan fingerprint density at radius 2 is 1.87 bits per heavy atom. The Morgan fingerprint density at radius 3 is 2.47 bits per heavy atom. The van der Waals surface area contributed by atoms with E-state index in [2.05, 4.69) is 10.6 Å². The molecule has 0 spiro atoms. The molecule has 30 heavy (non-hydrogen) atoms. The van der Waals surface area contributed by atoms with Crippen LogP contribution in [-0.2, 0) is 14.4 Å². The number of rotatable bonds is 7. The lowest BCUT2D eigenvalue weighted by atomic mass is 9.68. The summed E-state index contributed by atoms with van der Waals surface area (Å²) in [5.41, 5.74) is 0.566. The van der Waals surface area contributed by atoms with Crippen molar-refractivity contribution in [2.24, 2.45) is 23.7 Å². The quantitative estimate of drug-likeness (QED) is 0.573. The van der Waals surface area contributed by atoms with Crippen molar-refractivity contribution in [1.82, 2.24) is 10.2 Å². The first kappa shape index (κ1) is 22.3. The zero-order valence-corrected chi connectivity index (χ0v) is 17.9. The molecule has 162 valence electrons. The number of carbonyl (C=O) groups is 3. The van der Waals surface area contributed by atoms with Gasteiger partial charge in [-0.1, -0.05) is 37.1 Å². The predicted octanol–water partition coefficient (Wildman–Crippen LogP) is 2.06. The zero-order valence-electron chi connectivity index (χ0n) is 17.2. The molecule has 0 aromatic heterocycles. The van der Waals surface area contributed by atoms with Crippen LogP contribution in [0.1, 0.15) is 19.8 Å². The first-order valence-corrected chi connectivity index (χ1v) is 10.7. The summed E-state index contributed by atoms with van der Waals surface area (Å²) in [5, 5.41) is 15.6. The number of anilines is 1. The van der Waals surface area contributed by atoms with E-state index in [1.54, 1.807) is 31.3 Å². The van der Waals surface area contributed by atoms with Crippen molar-refractivity contribution >= 4 is 35.0 Å². The maximum Gasteiger partial charge on any atom is 0.247 e. The number of β-amino-alcohol motifs (C(OH)–C–C–N with tert-alkyl or cyclic N) is 1. The average Bonchev–Trinajstić information content (AvgIpc) is 3.01. The van der Waals surface area contributed by atoms with Gasteiger partial charge in [0.1, 0.15) is 6.04 Å². The van der Waals surface area contributed by atoms with Crippen LogP contribution in [0, 0.1) is 23.7 Å². The van der Waals surface area contributed by atoms with E-state index < -0.39 is 23.8 Å².